The summed E-state index contributed by atoms with van der Waals surface area (Å²) < 4.78 is 0. The lowest BCUT2D eigenvalue weighted by atomic mass is 9.94. The van der Waals surface area contributed by atoms with Crippen LogP contribution >= 0.6 is 22.9 Å². The number of halogens is 1. The van der Waals surface area contributed by atoms with E-state index in [1.165, 1.54) is 16.0 Å². The molecule has 0 saturated heterocycles. The number of fused-ring (bicyclic) bond motifs is 1. The van der Waals surface area contributed by atoms with Gasteiger partial charge in [-0.1, -0.05) is 48.0 Å². The minimum absolute atomic E-state index is 0.110. The molecule has 4 heteroatoms. The van der Waals surface area contributed by atoms with Gasteiger partial charge in [0.2, 0.25) is 0 Å². The van der Waals surface area contributed by atoms with Crippen LogP contribution in [0.2, 0.25) is 5.02 Å². The molecule has 2 heterocycles. The second kappa shape index (κ2) is 5.76. The third kappa shape index (κ3) is 2.52. The molecule has 0 amide bonds. The van der Waals surface area contributed by atoms with Gasteiger partial charge in [0.15, 0.2) is 0 Å². The van der Waals surface area contributed by atoms with Gasteiger partial charge < -0.3 is 5.32 Å². The maximum absolute atomic E-state index is 6.21. The molecule has 0 spiro atoms. The molecule has 1 aliphatic rings. The molecule has 22 heavy (non-hydrogen) atoms. The Morgan fingerprint density at radius 3 is 2.59 bits per heavy atom. The Kier molecular flexibility index (Phi) is 3.62. The monoisotopic (exact) mass is 326 g/mol. The zero-order chi connectivity index (χ0) is 14.9. The van der Waals surface area contributed by atoms with Gasteiger partial charge in [0.25, 0.3) is 0 Å². The van der Waals surface area contributed by atoms with Gasteiger partial charge in [-0.05, 0) is 40.8 Å². The van der Waals surface area contributed by atoms with E-state index in [1.54, 1.807) is 11.3 Å². The van der Waals surface area contributed by atoms with E-state index in [1.807, 2.05) is 18.2 Å². The molecule has 0 saturated carbocycles. The largest absolute Gasteiger partial charge is 0.365 e. The Balaban J connectivity index is 1.80. The molecule has 1 aliphatic heterocycles. The van der Waals surface area contributed by atoms with Crippen molar-refractivity contribution in [2.45, 2.75) is 12.2 Å². The Labute approximate surface area is 138 Å². The van der Waals surface area contributed by atoms with Crippen LogP contribution in [0.25, 0.3) is 0 Å². The summed E-state index contributed by atoms with van der Waals surface area (Å²) in [7, 11) is 0. The number of nitrogens with one attached hydrogen (secondary N) is 2. The van der Waals surface area contributed by atoms with Crippen molar-refractivity contribution in [3.05, 3.63) is 87.1 Å². The van der Waals surface area contributed by atoms with E-state index in [2.05, 4.69) is 58.5 Å². The minimum atomic E-state index is 0.110. The first-order valence-corrected chi connectivity index (χ1v) is 8.47. The zero-order valence-corrected chi connectivity index (χ0v) is 13.4. The maximum atomic E-state index is 6.21. The average molecular weight is 327 g/mol. The third-order valence-corrected chi connectivity index (χ3v) is 5.09. The summed E-state index contributed by atoms with van der Waals surface area (Å²) in [6.45, 7) is 0. The molecule has 3 aromatic rings. The van der Waals surface area contributed by atoms with E-state index < -0.39 is 0 Å². The maximum Gasteiger partial charge on any atom is 0.113 e. The predicted octanol–water partition coefficient (Wildman–Crippen LogP) is 5.20. The lowest BCUT2D eigenvalue weighted by Crippen LogP contribution is -2.36. The van der Waals surface area contributed by atoms with Gasteiger partial charge in [-0.15, -0.1) is 11.3 Å². The molecule has 0 radical (unpaired) electrons. The highest BCUT2D eigenvalue weighted by atomic mass is 35.5. The highest BCUT2D eigenvalue weighted by molar-refractivity contribution is 7.10. The molecule has 2 aromatic carbocycles. The fourth-order valence-corrected chi connectivity index (χ4v) is 3.80. The van der Waals surface area contributed by atoms with E-state index in [0.717, 1.165) is 10.7 Å². The van der Waals surface area contributed by atoms with Crippen molar-refractivity contribution in [2.24, 2.45) is 0 Å². The number of thiophene rings is 1. The topological polar surface area (TPSA) is 24.1 Å². The molecule has 110 valence electrons. The van der Waals surface area contributed by atoms with Crippen molar-refractivity contribution < 1.29 is 0 Å². The fourth-order valence-electron chi connectivity index (χ4n) is 2.89. The van der Waals surface area contributed by atoms with Gasteiger partial charge in [-0.25, -0.2) is 0 Å². The number of anilines is 1. The molecule has 2 N–H and O–H groups in total. The smallest absolute Gasteiger partial charge is 0.113 e. The zero-order valence-electron chi connectivity index (χ0n) is 11.8. The molecule has 0 aliphatic carbocycles. The van der Waals surface area contributed by atoms with Crippen molar-refractivity contribution >= 4 is 28.6 Å². The first-order valence-electron chi connectivity index (χ1n) is 7.21. The Bertz CT molecular complexity index is 771. The van der Waals surface area contributed by atoms with Crippen molar-refractivity contribution in [3.63, 3.8) is 0 Å². The standard InChI is InChI=1S/C18H15ClN2S/c19-13-8-9-15-14(11-13)17(12-5-2-1-3-6-12)21-18(20-15)16-7-4-10-22-16/h1-11,17-18,20-21H/t17-,18-/m1/s1. The molecule has 1 aromatic heterocycles. The van der Waals surface area contributed by atoms with Crippen LogP contribution in [0.1, 0.15) is 28.2 Å². The SMILES string of the molecule is Clc1ccc2c(c1)[C@@H](c1ccccc1)N[C@H](c1cccs1)N2. The summed E-state index contributed by atoms with van der Waals surface area (Å²) in [6, 6.07) is 20.9. The summed E-state index contributed by atoms with van der Waals surface area (Å²) >= 11 is 7.97. The lowest BCUT2D eigenvalue weighted by molar-refractivity contribution is 0.512. The molecule has 0 bridgehead atoms. The van der Waals surface area contributed by atoms with E-state index >= 15 is 0 Å². The third-order valence-electron chi connectivity index (χ3n) is 3.92. The van der Waals surface area contributed by atoms with Crippen molar-refractivity contribution in [1.82, 2.24) is 5.32 Å². The predicted molar refractivity (Wildman–Crippen MR) is 93.6 cm³/mol. The van der Waals surface area contributed by atoms with Crippen molar-refractivity contribution in [1.29, 1.82) is 0 Å². The van der Waals surface area contributed by atoms with Gasteiger partial charge in [0.05, 0.1) is 6.04 Å². The Morgan fingerprint density at radius 1 is 0.955 bits per heavy atom. The van der Waals surface area contributed by atoms with Gasteiger partial charge in [0, 0.05) is 15.6 Å². The average Bonchev–Trinajstić information content (AvgIpc) is 3.09. The van der Waals surface area contributed by atoms with Crippen LogP contribution < -0.4 is 10.6 Å². The molecule has 0 fully saturated rings. The normalized spacial score (nSPS) is 20.2. The highest BCUT2D eigenvalue weighted by Crippen LogP contribution is 2.38. The summed E-state index contributed by atoms with van der Waals surface area (Å²) in [6.07, 6.45) is 0.110. The van der Waals surface area contributed by atoms with Gasteiger partial charge in [-0.3, -0.25) is 5.32 Å². The number of hydrogen-bond acceptors (Lipinski definition) is 3. The van der Waals surface area contributed by atoms with Gasteiger partial charge in [-0.2, -0.15) is 0 Å². The van der Waals surface area contributed by atoms with Crippen LogP contribution in [0.5, 0.6) is 0 Å². The number of hydrogen-bond donors (Lipinski definition) is 2. The summed E-state index contributed by atoms with van der Waals surface area (Å²) in [5.74, 6) is 0. The van der Waals surface area contributed by atoms with Crippen molar-refractivity contribution in [2.75, 3.05) is 5.32 Å². The van der Waals surface area contributed by atoms with Crippen LogP contribution in [0.15, 0.2) is 66.0 Å². The Morgan fingerprint density at radius 2 is 1.82 bits per heavy atom. The van der Waals surface area contributed by atoms with Crippen LogP contribution in [0.4, 0.5) is 5.69 Å². The quantitative estimate of drug-likeness (QED) is 0.676. The number of rotatable bonds is 2. The first kappa shape index (κ1) is 13.8. The minimum Gasteiger partial charge on any atom is -0.365 e. The lowest BCUT2D eigenvalue weighted by Gasteiger charge is -2.34. The van der Waals surface area contributed by atoms with E-state index in [4.69, 9.17) is 11.6 Å². The second-order valence-electron chi connectivity index (χ2n) is 5.33. The van der Waals surface area contributed by atoms with Crippen LogP contribution in [0.3, 0.4) is 0 Å². The second-order valence-corrected chi connectivity index (χ2v) is 6.75. The van der Waals surface area contributed by atoms with Crippen molar-refractivity contribution in [3.8, 4) is 0 Å². The van der Waals surface area contributed by atoms with E-state index in [9.17, 15) is 0 Å². The molecule has 0 unspecified atom stereocenters. The molecule has 2 nitrogen and oxygen atoms in total. The van der Waals surface area contributed by atoms with Crippen LogP contribution in [-0.4, -0.2) is 0 Å². The molecular formula is C18H15ClN2S. The first-order chi connectivity index (χ1) is 10.8. The molecule has 2 atom stereocenters. The summed E-state index contributed by atoms with van der Waals surface area (Å²) in [5, 5.41) is 10.1. The molecular weight excluding hydrogens is 312 g/mol. The van der Waals surface area contributed by atoms with Crippen LogP contribution in [0, 0.1) is 0 Å². The van der Waals surface area contributed by atoms with Gasteiger partial charge in [0.1, 0.15) is 6.17 Å². The van der Waals surface area contributed by atoms with E-state index in [-0.39, 0.29) is 12.2 Å². The highest BCUT2D eigenvalue weighted by Gasteiger charge is 2.28. The van der Waals surface area contributed by atoms with Crippen LogP contribution in [-0.2, 0) is 0 Å². The van der Waals surface area contributed by atoms with E-state index in [0.29, 0.717) is 0 Å². The Hall–Kier alpha value is -1.81. The van der Waals surface area contributed by atoms with Gasteiger partial charge >= 0.3 is 0 Å². The fraction of sp³-hybridized carbons (Fsp3) is 0.111. The summed E-state index contributed by atoms with van der Waals surface area (Å²) in [4.78, 5) is 1.28. The number of benzene rings is 2. The summed E-state index contributed by atoms with van der Waals surface area (Å²) in [5.41, 5.74) is 3.57. The molecule has 4 rings (SSSR count).